The number of aliphatic hydroxyl groups is 1. The predicted octanol–water partition coefficient (Wildman–Crippen LogP) is 2.82. The Labute approximate surface area is 145 Å². The van der Waals surface area contributed by atoms with Crippen LogP contribution in [0.5, 0.6) is 0 Å². The van der Waals surface area contributed by atoms with E-state index in [1.54, 1.807) is 7.11 Å². The molecule has 0 unspecified atom stereocenters. The minimum Gasteiger partial charge on any atom is -0.395 e. The summed E-state index contributed by atoms with van der Waals surface area (Å²) in [5, 5.41) is 15.7. The van der Waals surface area contributed by atoms with Gasteiger partial charge in [0, 0.05) is 26.8 Å². The second-order valence-electron chi connectivity index (χ2n) is 5.37. The highest BCUT2D eigenvalue weighted by Crippen LogP contribution is 2.29. The first kappa shape index (κ1) is 21.4. The maximum absolute atomic E-state index is 12.7. The summed E-state index contributed by atoms with van der Waals surface area (Å²) < 4.78 is 43.0. The summed E-state index contributed by atoms with van der Waals surface area (Å²) in [7, 11) is 1.62. The van der Waals surface area contributed by atoms with Crippen LogP contribution in [-0.4, -0.2) is 50.8 Å². The van der Waals surface area contributed by atoms with Crippen LogP contribution in [-0.2, 0) is 15.8 Å². The van der Waals surface area contributed by atoms with Gasteiger partial charge in [-0.3, -0.25) is 0 Å². The second-order valence-corrected chi connectivity index (χ2v) is 5.37. The Kier molecular flexibility index (Phi) is 10.1. The van der Waals surface area contributed by atoms with Gasteiger partial charge in [-0.25, -0.2) is 0 Å². The third-order valence-corrected chi connectivity index (χ3v) is 3.39. The van der Waals surface area contributed by atoms with Crippen LogP contribution in [0.15, 0.2) is 29.4 Å². The van der Waals surface area contributed by atoms with Gasteiger partial charge in [0.15, 0.2) is 0 Å². The topological polar surface area (TPSA) is 63.1 Å². The lowest BCUT2D eigenvalue weighted by Crippen LogP contribution is -2.22. The number of alkyl halides is 3. The number of benzene rings is 1. The lowest BCUT2D eigenvalue weighted by Gasteiger charge is -2.10. The number of oxime groups is 1. The Morgan fingerprint density at radius 2 is 1.84 bits per heavy atom. The number of hydrogen-bond acceptors (Lipinski definition) is 5. The lowest BCUT2D eigenvalue weighted by molar-refractivity contribution is -0.137. The van der Waals surface area contributed by atoms with Crippen molar-refractivity contribution in [2.45, 2.75) is 25.4 Å². The first-order valence-electron chi connectivity index (χ1n) is 8.16. The second kappa shape index (κ2) is 11.8. The van der Waals surface area contributed by atoms with Crippen molar-refractivity contribution in [2.75, 3.05) is 40.0 Å². The van der Waals surface area contributed by atoms with Crippen LogP contribution in [0.25, 0.3) is 0 Å². The Hall–Kier alpha value is -1.64. The molecule has 0 aliphatic rings. The van der Waals surface area contributed by atoms with Crippen molar-refractivity contribution in [3.63, 3.8) is 0 Å². The fourth-order valence-corrected chi connectivity index (χ4v) is 2.08. The van der Waals surface area contributed by atoms with Gasteiger partial charge < -0.3 is 20.0 Å². The summed E-state index contributed by atoms with van der Waals surface area (Å²) >= 11 is 0. The Balaban J connectivity index is 2.68. The van der Waals surface area contributed by atoms with Gasteiger partial charge in [0.05, 0.1) is 17.9 Å². The fourth-order valence-electron chi connectivity index (χ4n) is 2.08. The van der Waals surface area contributed by atoms with Crippen molar-refractivity contribution in [3.8, 4) is 0 Å². The number of methoxy groups -OCH3 is 1. The molecule has 5 nitrogen and oxygen atoms in total. The molecule has 1 rings (SSSR count). The Bertz CT molecular complexity index is 505. The predicted molar refractivity (Wildman–Crippen MR) is 89.6 cm³/mol. The molecule has 0 aliphatic heterocycles. The van der Waals surface area contributed by atoms with Crippen LogP contribution < -0.4 is 5.32 Å². The van der Waals surface area contributed by atoms with Crippen molar-refractivity contribution in [1.82, 2.24) is 5.32 Å². The van der Waals surface area contributed by atoms with Gasteiger partial charge in [0.1, 0.15) is 6.61 Å². The molecule has 0 spiro atoms. The van der Waals surface area contributed by atoms with Gasteiger partial charge in [-0.1, -0.05) is 17.3 Å². The van der Waals surface area contributed by atoms with E-state index in [4.69, 9.17) is 14.7 Å². The molecule has 0 bridgehead atoms. The van der Waals surface area contributed by atoms with Crippen LogP contribution in [0.2, 0.25) is 0 Å². The van der Waals surface area contributed by atoms with Gasteiger partial charge in [0.25, 0.3) is 0 Å². The number of nitrogens with one attached hydrogen (secondary N) is 1. The summed E-state index contributed by atoms with van der Waals surface area (Å²) in [5.74, 6) is 0. The van der Waals surface area contributed by atoms with Crippen molar-refractivity contribution >= 4 is 5.71 Å². The van der Waals surface area contributed by atoms with Crippen molar-refractivity contribution in [2.24, 2.45) is 5.16 Å². The van der Waals surface area contributed by atoms with Crippen LogP contribution in [0.1, 0.15) is 30.4 Å². The monoisotopic (exact) mass is 362 g/mol. The van der Waals surface area contributed by atoms with E-state index in [0.29, 0.717) is 44.0 Å². The molecule has 0 fully saturated rings. The number of unbranched alkanes of at least 4 members (excludes halogenated alkanes) is 1. The number of halogens is 3. The molecule has 0 aliphatic carbocycles. The van der Waals surface area contributed by atoms with Crippen LogP contribution in [0.3, 0.4) is 0 Å². The molecular weight excluding hydrogens is 337 g/mol. The maximum Gasteiger partial charge on any atom is 0.416 e. The molecule has 25 heavy (non-hydrogen) atoms. The highest BCUT2D eigenvalue weighted by atomic mass is 19.4. The molecule has 1 aromatic rings. The Morgan fingerprint density at radius 3 is 2.44 bits per heavy atom. The summed E-state index contributed by atoms with van der Waals surface area (Å²) in [6.45, 7) is 1.96. The fraction of sp³-hybridized carbons (Fsp3) is 0.588. The average Bonchev–Trinajstić information content (AvgIpc) is 2.59. The number of hydrogen-bond donors (Lipinski definition) is 2. The van der Waals surface area contributed by atoms with Gasteiger partial charge in [0.2, 0.25) is 0 Å². The standard InChI is InChI=1S/C17H25F3N2O3/c1-24-12-3-2-4-16(22-25-13-10-21-9-11-23)14-5-7-15(8-6-14)17(18,19)20/h5-8,21,23H,2-4,9-13H2,1H3/b22-16+. The van der Waals surface area contributed by atoms with Crippen LogP contribution in [0.4, 0.5) is 13.2 Å². The summed E-state index contributed by atoms with van der Waals surface area (Å²) in [5.41, 5.74) is 0.518. The van der Waals surface area contributed by atoms with Gasteiger partial charge in [-0.2, -0.15) is 13.2 Å². The highest BCUT2D eigenvalue weighted by Gasteiger charge is 2.30. The molecular formula is C17H25F3N2O3. The molecule has 0 aromatic heterocycles. The van der Waals surface area contributed by atoms with E-state index in [1.807, 2.05) is 0 Å². The van der Waals surface area contributed by atoms with E-state index in [1.165, 1.54) is 12.1 Å². The molecule has 0 radical (unpaired) electrons. The molecule has 1 aromatic carbocycles. The average molecular weight is 362 g/mol. The van der Waals surface area contributed by atoms with E-state index in [0.717, 1.165) is 25.0 Å². The SMILES string of the molecule is COCCCC/C(=N\OCCNCCO)c1ccc(C(F)(F)F)cc1. The maximum atomic E-state index is 12.7. The smallest absolute Gasteiger partial charge is 0.395 e. The molecule has 2 N–H and O–H groups in total. The Morgan fingerprint density at radius 1 is 1.12 bits per heavy atom. The summed E-state index contributed by atoms with van der Waals surface area (Å²) in [4.78, 5) is 5.24. The molecule has 8 heteroatoms. The third kappa shape index (κ3) is 8.85. The van der Waals surface area contributed by atoms with Crippen molar-refractivity contribution < 1.29 is 27.9 Å². The van der Waals surface area contributed by atoms with E-state index < -0.39 is 11.7 Å². The third-order valence-electron chi connectivity index (χ3n) is 3.39. The molecule has 0 atom stereocenters. The zero-order chi connectivity index (χ0) is 18.5. The number of rotatable bonds is 12. The number of ether oxygens (including phenoxy) is 1. The zero-order valence-corrected chi connectivity index (χ0v) is 14.3. The van der Waals surface area contributed by atoms with Gasteiger partial charge >= 0.3 is 6.18 Å². The quantitative estimate of drug-likeness (QED) is 0.341. The van der Waals surface area contributed by atoms with E-state index in [9.17, 15) is 13.2 Å². The molecule has 0 saturated heterocycles. The van der Waals surface area contributed by atoms with E-state index in [2.05, 4.69) is 10.5 Å². The largest absolute Gasteiger partial charge is 0.416 e. The van der Waals surface area contributed by atoms with Gasteiger partial charge in [-0.15, -0.1) is 0 Å². The first-order chi connectivity index (χ1) is 12.0. The van der Waals surface area contributed by atoms with Crippen molar-refractivity contribution in [3.05, 3.63) is 35.4 Å². The van der Waals surface area contributed by atoms with Gasteiger partial charge in [-0.05, 0) is 37.0 Å². The number of aliphatic hydroxyl groups excluding tert-OH is 1. The van der Waals surface area contributed by atoms with Crippen molar-refractivity contribution in [1.29, 1.82) is 0 Å². The number of nitrogens with zero attached hydrogens (tertiary/aromatic N) is 1. The molecule has 0 saturated carbocycles. The summed E-state index contributed by atoms with van der Waals surface area (Å²) in [6, 6.07) is 4.91. The highest BCUT2D eigenvalue weighted by molar-refractivity contribution is 6.00. The lowest BCUT2D eigenvalue weighted by atomic mass is 10.0. The zero-order valence-electron chi connectivity index (χ0n) is 14.3. The minimum absolute atomic E-state index is 0.0412. The summed E-state index contributed by atoms with van der Waals surface area (Å²) in [6.07, 6.45) is -2.16. The van der Waals surface area contributed by atoms with E-state index >= 15 is 0 Å². The van der Waals surface area contributed by atoms with Crippen LogP contribution >= 0.6 is 0 Å². The van der Waals surface area contributed by atoms with E-state index in [-0.39, 0.29) is 6.61 Å². The van der Waals surface area contributed by atoms with Crippen LogP contribution in [0, 0.1) is 0 Å². The molecule has 0 amide bonds. The molecule has 0 heterocycles. The first-order valence-corrected chi connectivity index (χ1v) is 8.16. The normalized spacial score (nSPS) is 12.4. The minimum atomic E-state index is -4.36. The molecule has 142 valence electrons.